The highest BCUT2D eigenvalue weighted by molar-refractivity contribution is 6.21. The van der Waals surface area contributed by atoms with Crippen LogP contribution in [0.15, 0.2) is 18.2 Å². The Morgan fingerprint density at radius 2 is 1.89 bits per heavy atom. The summed E-state index contributed by atoms with van der Waals surface area (Å²) >= 11 is 6.07. The minimum absolute atomic E-state index is 0.0191. The van der Waals surface area contributed by atoms with E-state index < -0.39 is 17.6 Å². The summed E-state index contributed by atoms with van der Waals surface area (Å²) in [5.74, 6) is -1.13. The van der Waals surface area contributed by atoms with Crippen molar-refractivity contribution in [2.24, 2.45) is 5.92 Å². The Balaban J connectivity index is 2.36. The maximum atomic E-state index is 13.2. The van der Waals surface area contributed by atoms with Crippen LogP contribution in [0.4, 0.5) is 17.6 Å². The van der Waals surface area contributed by atoms with Crippen molar-refractivity contribution in [2.75, 3.05) is 0 Å². The summed E-state index contributed by atoms with van der Waals surface area (Å²) in [5, 5.41) is -0.0191. The van der Waals surface area contributed by atoms with Crippen LogP contribution in [0.5, 0.6) is 0 Å². The lowest BCUT2D eigenvalue weighted by molar-refractivity contribution is -0.140. The molecule has 0 spiro atoms. The van der Waals surface area contributed by atoms with E-state index in [0.717, 1.165) is 25.0 Å². The molecule has 1 aliphatic carbocycles. The third kappa shape index (κ3) is 2.48. The lowest BCUT2D eigenvalue weighted by atomic mass is 9.89. The highest BCUT2D eigenvalue weighted by Gasteiger charge is 2.37. The quantitative estimate of drug-likeness (QED) is 0.503. The second-order valence-corrected chi connectivity index (χ2v) is 5.36. The van der Waals surface area contributed by atoms with Gasteiger partial charge >= 0.3 is 6.18 Å². The first-order valence-corrected chi connectivity index (χ1v) is 6.25. The molecule has 0 aromatic heterocycles. The first-order valence-electron chi connectivity index (χ1n) is 5.81. The maximum absolute atomic E-state index is 13.2. The van der Waals surface area contributed by atoms with Gasteiger partial charge in [-0.2, -0.15) is 13.2 Å². The van der Waals surface area contributed by atoms with Crippen molar-refractivity contribution in [3.05, 3.63) is 35.1 Å². The minimum Gasteiger partial charge on any atom is -0.206 e. The van der Waals surface area contributed by atoms with E-state index >= 15 is 0 Å². The van der Waals surface area contributed by atoms with Gasteiger partial charge in [0.1, 0.15) is 5.82 Å². The molecule has 0 radical (unpaired) electrons. The van der Waals surface area contributed by atoms with Gasteiger partial charge in [-0.05, 0) is 42.4 Å². The second kappa shape index (κ2) is 4.72. The van der Waals surface area contributed by atoms with E-state index in [0.29, 0.717) is 5.56 Å². The van der Waals surface area contributed by atoms with E-state index in [4.69, 9.17) is 11.6 Å². The van der Waals surface area contributed by atoms with E-state index in [9.17, 15) is 17.6 Å². The van der Waals surface area contributed by atoms with Crippen molar-refractivity contribution in [2.45, 2.75) is 37.2 Å². The van der Waals surface area contributed by atoms with Crippen molar-refractivity contribution >= 4 is 11.6 Å². The number of hydrogen-bond acceptors (Lipinski definition) is 0. The smallest absolute Gasteiger partial charge is 0.206 e. The third-order valence-corrected chi connectivity index (χ3v) is 4.30. The van der Waals surface area contributed by atoms with Crippen LogP contribution in [0.2, 0.25) is 0 Å². The summed E-state index contributed by atoms with van der Waals surface area (Å²) in [6, 6.07) is 3.25. The van der Waals surface area contributed by atoms with Gasteiger partial charge in [-0.3, -0.25) is 0 Å². The summed E-state index contributed by atoms with van der Waals surface area (Å²) in [6.45, 7) is 1.92. The van der Waals surface area contributed by atoms with E-state index in [1.807, 2.05) is 6.92 Å². The fourth-order valence-electron chi connectivity index (χ4n) is 2.58. The molecule has 1 saturated carbocycles. The fraction of sp³-hybridized carbons (Fsp3) is 0.538. The monoisotopic (exact) mass is 280 g/mol. The van der Waals surface area contributed by atoms with Gasteiger partial charge in [-0.15, -0.1) is 11.6 Å². The SMILES string of the molecule is CC1C(Cl)CCC1c1ccc(F)c(C(F)(F)F)c1. The average Bonchev–Trinajstić information content (AvgIpc) is 2.59. The normalized spacial score (nSPS) is 28.7. The summed E-state index contributed by atoms with van der Waals surface area (Å²) in [7, 11) is 0. The molecule has 1 aromatic rings. The molecule has 1 aromatic carbocycles. The van der Waals surface area contributed by atoms with Crippen LogP contribution in [0.25, 0.3) is 0 Å². The molecule has 18 heavy (non-hydrogen) atoms. The first kappa shape index (κ1) is 13.7. The van der Waals surface area contributed by atoms with Crippen LogP contribution in [0.3, 0.4) is 0 Å². The highest BCUT2D eigenvalue weighted by Crippen LogP contribution is 2.43. The van der Waals surface area contributed by atoms with Crippen molar-refractivity contribution in [3.63, 3.8) is 0 Å². The van der Waals surface area contributed by atoms with Gasteiger partial charge in [0.05, 0.1) is 5.56 Å². The van der Waals surface area contributed by atoms with E-state index in [1.54, 1.807) is 0 Å². The van der Waals surface area contributed by atoms with Crippen molar-refractivity contribution in [1.82, 2.24) is 0 Å². The Bertz CT molecular complexity index is 441. The molecule has 1 fully saturated rings. The second-order valence-electron chi connectivity index (χ2n) is 4.80. The molecule has 3 unspecified atom stereocenters. The predicted molar refractivity (Wildman–Crippen MR) is 62.2 cm³/mol. The van der Waals surface area contributed by atoms with Crippen LogP contribution in [-0.4, -0.2) is 5.38 Å². The lowest BCUT2D eigenvalue weighted by Crippen LogP contribution is -2.13. The van der Waals surface area contributed by atoms with Gasteiger partial charge in [0, 0.05) is 5.38 Å². The van der Waals surface area contributed by atoms with Crippen molar-refractivity contribution in [1.29, 1.82) is 0 Å². The van der Waals surface area contributed by atoms with Crippen LogP contribution < -0.4 is 0 Å². The molecule has 0 aliphatic heterocycles. The van der Waals surface area contributed by atoms with Gasteiger partial charge in [0.15, 0.2) is 0 Å². The summed E-state index contributed by atoms with van der Waals surface area (Å²) < 4.78 is 51.1. The highest BCUT2D eigenvalue weighted by atomic mass is 35.5. The maximum Gasteiger partial charge on any atom is 0.419 e. The van der Waals surface area contributed by atoms with Gasteiger partial charge in [-0.25, -0.2) is 4.39 Å². The van der Waals surface area contributed by atoms with Crippen LogP contribution in [0.1, 0.15) is 36.8 Å². The fourth-order valence-corrected chi connectivity index (χ4v) is 2.88. The molecule has 100 valence electrons. The van der Waals surface area contributed by atoms with Gasteiger partial charge in [0.25, 0.3) is 0 Å². The summed E-state index contributed by atoms with van der Waals surface area (Å²) in [5.41, 5.74) is -0.662. The van der Waals surface area contributed by atoms with Gasteiger partial charge < -0.3 is 0 Å². The molecular formula is C13H13ClF4. The van der Waals surface area contributed by atoms with E-state index in [2.05, 4.69) is 0 Å². The van der Waals surface area contributed by atoms with E-state index in [-0.39, 0.29) is 17.2 Å². The Hall–Kier alpha value is -0.770. The minimum atomic E-state index is -4.65. The molecule has 0 amide bonds. The lowest BCUT2D eigenvalue weighted by Gasteiger charge is -2.19. The molecule has 0 heterocycles. The number of benzene rings is 1. The Morgan fingerprint density at radius 3 is 2.39 bits per heavy atom. The molecule has 0 bridgehead atoms. The largest absolute Gasteiger partial charge is 0.419 e. The standard InChI is InChI=1S/C13H13ClF4/c1-7-9(3-4-11(7)14)8-2-5-12(15)10(6-8)13(16,17)18/h2,5-7,9,11H,3-4H2,1H3. The first-order chi connectivity index (χ1) is 8.30. The molecule has 3 atom stereocenters. The van der Waals surface area contributed by atoms with Crippen LogP contribution in [0, 0.1) is 11.7 Å². The third-order valence-electron chi connectivity index (χ3n) is 3.68. The number of alkyl halides is 4. The zero-order chi connectivity index (χ0) is 13.5. The summed E-state index contributed by atoms with van der Waals surface area (Å²) in [6.07, 6.45) is -3.12. The Labute approximate surface area is 108 Å². The molecule has 5 heteroatoms. The number of rotatable bonds is 1. The van der Waals surface area contributed by atoms with Gasteiger partial charge in [0.2, 0.25) is 0 Å². The molecule has 1 aliphatic rings. The summed E-state index contributed by atoms with van der Waals surface area (Å²) in [4.78, 5) is 0. The van der Waals surface area contributed by atoms with Gasteiger partial charge in [-0.1, -0.05) is 13.0 Å². The Morgan fingerprint density at radius 1 is 1.22 bits per heavy atom. The average molecular weight is 281 g/mol. The molecule has 0 N–H and O–H groups in total. The van der Waals surface area contributed by atoms with Crippen LogP contribution >= 0.6 is 11.6 Å². The topological polar surface area (TPSA) is 0 Å². The molecule has 0 nitrogen and oxygen atoms in total. The Kier molecular flexibility index (Phi) is 3.58. The van der Waals surface area contributed by atoms with Crippen LogP contribution in [-0.2, 0) is 6.18 Å². The zero-order valence-electron chi connectivity index (χ0n) is 9.77. The van der Waals surface area contributed by atoms with E-state index in [1.165, 1.54) is 6.07 Å². The molecule has 2 rings (SSSR count). The number of hydrogen-bond donors (Lipinski definition) is 0. The predicted octanol–water partition coefficient (Wildman–Crippen LogP) is 4.97. The molecule has 0 saturated heterocycles. The van der Waals surface area contributed by atoms with Crippen molar-refractivity contribution in [3.8, 4) is 0 Å². The zero-order valence-corrected chi connectivity index (χ0v) is 10.5. The molecular weight excluding hydrogens is 268 g/mol. The number of halogens is 5. The van der Waals surface area contributed by atoms with Crippen molar-refractivity contribution < 1.29 is 17.6 Å².